The van der Waals surface area contributed by atoms with Gasteiger partial charge in [-0.15, -0.1) is 0 Å². The molecule has 1 saturated heterocycles. The van der Waals surface area contributed by atoms with Crippen LogP contribution in [0.3, 0.4) is 0 Å². The van der Waals surface area contributed by atoms with Crippen molar-refractivity contribution >= 4 is 22.3 Å². The zero-order chi connectivity index (χ0) is 12.6. The molecule has 1 fully saturated rings. The summed E-state index contributed by atoms with van der Waals surface area (Å²) in [5, 5.41) is 4.63. The molecule has 2 aromatic rings. The second kappa shape index (κ2) is 4.14. The number of hydrogen-bond acceptors (Lipinski definition) is 4. The highest BCUT2D eigenvalue weighted by Crippen LogP contribution is 2.30. The van der Waals surface area contributed by atoms with Gasteiger partial charge in [-0.25, -0.2) is 0 Å². The molecule has 18 heavy (non-hydrogen) atoms. The maximum Gasteiger partial charge on any atom is 0.0951 e. The van der Waals surface area contributed by atoms with Crippen LogP contribution < -0.4 is 11.1 Å². The molecular weight excluding hydrogens is 226 g/mol. The van der Waals surface area contributed by atoms with Gasteiger partial charge in [0.2, 0.25) is 0 Å². The topological polar surface area (TPSA) is 60.2 Å². The summed E-state index contributed by atoms with van der Waals surface area (Å²) in [4.78, 5) is 4.34. The maximum atomic E-state index is 5.95. The second-order valence-electron chi connectivity index (χ2n) is 5.09. The van der Waals surface area contributed by atoms with Gasteiger partial charge < -0.3 is 15.8 Å². The molecule has 0 saturated carbocycles. The minimum Gasteiger partial charge on any atom is -0.397 e. The van der Waals surface area contributed by atoms with E-state index in [-0.39, 0.29) is 5.54 Å². The van der Waals surface area contributed by atoms with E-state index in [0.29, 0.717) is 5.69 Å². The predicted molar refractivity (Wildman–Crippen MR) is 73.6 cm³/mol. The van der Waals surface area contributed by atoms with Crippen molar-refractivity contribution in [1.29, 1.82) is 0 Å². The Balaban J connectivity index is 2.04. The molecule has 0 radical (unpaired) electrons. The fraction of sp³-hybridized carbons (Fsp3) is 0.357. The number of ether oxygens (including phenoxy) is 1. The number of para-hydroxylation sites is 1. The molecule has 1 aliphatic rings. The summed E-state index contributed by atoms with van der Waals surface area (Å²) in [6, 6.07) is 7.86. The Bertz CT molecular complexity index is 576. The molecule has 4 heteroatoms. The second-order valence-corrected chi connectivity index (χ2v) is 5.09. The summed E-state index contributed by atoms with van der Waals surface area (Å²) in [6.45, 7) is 3.73. The van der Waals surface area contributed by atoms with Gasteiger partial charge in [-0.1, -0.05) is 12.1 Å². The van der Waals surface area contributed by atoms with Crippen molar-refractivity contribution < 1.29 is 4.74 Å². The molecule has 1 aromatic carbocycles. The number of hydrogen-bond donors (Lipinski definition) is 2. The number of anilines is 2. The fourth-order valence-electron chi connectivity index (χ4n) is 2.40. The Kier molecular flexibility index (Phi) is 2.59. The Hall–Kier alpha value is -1.81. The van der Waals surface area contributed by atoms with Gasteiger partial charge in [0.15, 0.2) is 0 Å². The standard InChI is InChI=1S/C14H17N3O/c1-14(6-8-18-9-14)17-12-5-7-16-13-10(12)3-2-4-11(13)15/h2-5,7H,6,8-9,15H2,1H3,(H,16,17). The van der Waals surface area contributed by atoms with Crippen LogP contribution in [-0.2, 0) is 4.74 Å². The molecule has 0 aliphatic carbocycles. The number of fused-ring (bicyclic) bond motifs is 1. The lowest BCUT2D eigenvalue weighted by molar-refractivity contribution is 0.185. The summed E-state index contributed by atoms with van der Waals surface area (Å²) >= 11 is 0. The Morgan fingerprint density at radius 1 is 1.39 bits per heavy atom. The fourth-order valence-corrected chi connectivity index (χ4v) is 2.40. The van der Waals surface area contributed by atoms with Crippen molar-refractivity contribution in [2.45, 2.75) is 18.9 Å². The number of nitrogens with two attached hydrogens (primary N) is 1. The van der Waals surface area contributed by atoms with Gasteiger partial charge in [0, 0.05) is 23.9 Å². The van der Waals surface area contributed by atoms with Crippen LogP contribution in [0, 0.1) is 0 Å². The van der Waals surface area contributed by atoms with Gasteiger partial charge in [-0.2, -0.15) is 0 Å². The lowest BCUT2D eigenvalue weighted by Gasteiger charge is -2.25. The van der Waals surface area contributed by atoms with Crippen LogP contribution >= 0.6 is 0 Å². The third-order valence-electron chi connectivity index (χ3n) is 3.46. The number of nitrogen functional groups attached to an aromatic ring is 1. The van der Waals surface area contributed by atoms with Crippen molar-refractivity contribution in [3.8, 4) is 0 Å². The molecule has 0 spiro atoms. The van der Waals surface area contributed by atoms with Crippen LogP contribution in [0.25, 0.3) is 10.9 Å². The third kappa shape index (κ3) is 1.88. The van der Waals surface area contributed by atoms with Gasteiger partial charge in [0.05, 0.1) is 23.3 Å². The van der Waals surface area contributed by atoms with E-state index in [1.807, 2.05) is 24.3 Å². The summed E-state index contributed by atoms with van der Waals surface area (Å²) in [6.07, 6.45) is 2.80. The molecule has 3 N–H and O–H groups in total. The van der Waals surface area contributed by atoms with Crippen LogP contribution in [0.1, 0.15) is 13.3 Å². The Morgan fingerprint density at radius 2 is 2.28 bits per heavy atom. The van der Waals surface area contributed by atoms with E-state index in [0.717, 1.165) is 36.2 Å². The average molecular weight is 243 g/mol. The van der Waals surface area contributed by atoms with E-state index in [2.05, 4.69) is 17.2 Å². The summed E-state index contributed by atoms with van der Waals surface area (Å²) in [5.41, 5.74) is 8.58. The number of nitrogens with one attached hydrogen (secondary N) is 1. The zero-order valence-electron chi connectivity index (χ0n) is 10.4. The van der Waals surface area contributed by atoms with Crippen LogP contribution in [-0.4, -0.2) is 23.7 Å². The highest BCUT2D eigenvalue weighted by atomic mass is 16.5. The van der Waals surface area contributed by atoms with Gasteiger partial charge in [-0.3, -0.25) is 4.98 Å². The minimum atomic E-state index is -0.00110. The first-order valence-electron chi connectivity index (χ1n) is 6.17. The van der Waals surface area contributed by atoms with Crippen molar-refractivity contribution in [2.75, 3.05) is 24.3 Å². The number of nitrogens with zero attached hydrogens (tertiary/aromatic N) is 1. The first-order chi connectivity index (χ1) is 8.68. The third-order valence-corrected chi connectivity index (χ3v) is 3.46. The summed E-state index contributed by atoms with van der Waals surface area (Å²) < 4.78 is 5.47. The highest BCUT2D eigenvalue weighted by Gasteiger charge is 2.29. The van der Waals surface area contributed by atoms with Crippen LogP contribution in [0.2, 0.25) is 0 Å². The molecule has 1 aromatic heterocycles. The Morgan fingerprint density at radius 3 is 3.06 bits per heavy atom. The predicted octanol–water partition coefficient (Wildman–Crippen LogP) is 2.41. The average Bonchev–Trinajstić information content (AvgIpc) is 2.77. The van der Waals surface area contributed by atoms with Crippen molar-refractivity contribution in [1.82, 2.24) is 4.98 Å². The summed E-state index contributed by atoms with van der Waals surface area (Å²) in [7, 11) is 0. The first kappa shape index (κ1) is 11.3. The van der Waals surface area contributed by atoms with Gasteiger partial charge >= 0.3 is 0 Å². The normalized spacial score (nSPS) is 23.4. The number of benzene rings is 1. The van der Waals surface area contributed by atoms with E-state index < -0.39 is 0 Å². The lowest BCUT2D eigenvalue weighted by Crippen LogP contribution is -2.35. The molecule has 3 rings (SSSR count). The van der Waals surface area contributed by atoms with Crippen LogP contribution in [0.4, 0.5) is 11.4 Å². The molecule has 2 heterocycles. The van der Waals surface area contributed by atoms with Gasteiger partial charge in [0.25, 0.3) is 0 Å². The van der Waals surface area contributed by atoms with E-state index in [1.54, 1.807) is 6.20 Å². The molecule has 0 bridgehead atoms. The number of pyridine rings is 1. The molecule has 0 amide bonds. The summed E-state index contributed by atoms with van der Waals surface area (Å²) in [5.74, 6) is 0. The maximum absolute atomic E-state index is 5.95. The molecule has 1 unspecified atom stereocenters. The quantitative estimate of drug-likeness (QED) is 0.795. The molecule has 4 nitrogen and oxygen atoms in total. The minimum absolute atomic E-state index is 0.00110. The highest BCUT2D eigenvalue weighted by molar-refractivity contribution is 5.97. The van der Waals surface area contributed by atoms with Crippen LogP contribution in [0.5, 0.6) is 0 Å². The van der Waals surface area contributed by atoms with E-state index in [4.69, 9.17) is 10.5 Å². The van der Waals surface area contributed by atoms with E-state index in [9.17, 15) is 0 Å². The number of rotatable bonds is 2. The molecular formula is C14H17N3O. The zero-order valence-corrected chi connectivity index (χ0v) is 10.4. The lowest BCUT2D eigenvalue weighted by atomic mass is 10.0. The van der Waals surface area contributed by atoms with Crippen LogP contribution in [0.15, 0.2) is 30.5 Å². The van der Waals surface area contributed by atoms with E-state index >= 15 is 0 Å². The number of aromatic nitrogens is 1. The Labute approximate surface area is 106 Å². The van der Waals surface area contributed by atoms with Crippen molar-refractivity contribution in [3.05, 3.63) is 30.5 Å². The largest absolute Gasteiger partial charge is 0.397 e. The smallest absolute Gasteiger partial charge is 0.0951 e. The van der Waals surface area contributed by atoms with Gasteiger partial charge in [0.1, 0.15) is 0 Å². The van der Waals surface area contributed by atoms with Crippen molar-refractivity contribution in [2.24, 2.45) is 0 Å². The SMILES string of the molecule is CC1(Nc2ccnc3c(N)cccc23)CCOC1. The monoisotopic (exact) mass is 243 g/mol. The van der Waals surface area contributed by atoms with E-state index in [1.165, 1.54) is 0 Å². The molecule has 1 aliphatic heterocycles. The van der Waals surface area contributed by atoms with Crippen molar-refractivity contribution in [3.63, 3.8) is 0 Å². The van der Waals surface area contributed by atoms with Gasteiger partial charge in [-0.05, 0) is 25.5 Å². The molecule has 1 atom stereocenters. The molecule has 94 valence electrons. The first-order valence-corrected chi connectivity index (χ1v) is 6.17.